The van der Waals surface area contributed by atoms with E-state index < -0.39 is 0 Å². The largest absolute Gasteiger partial charge is 0.494 e. The first kappa shape index (κ1) is 23.9. The number of carbonyl (C=O) groups is 2. The minimum absolute atomic E-state index is 0.00110. The molecule has 0 aliphatic heterocycles. The summed E-state index contributed by atoms with van der Waals surface area (Å²) in [5.74, 6) is 0.637. The van der Waals surface area contributed by atoms with E-state index in [1.54, 1.807) is 0 Å². The molecule has 0 aliphatic carbocycles. The van der Waals surface area contributed by atoms with Gasteiger partial charge in [-0.1, -0.05) is 37.3 Å². The van der Waals surface area contributed by atoms with Crippen LogP contribution in [0, 0.1) is 0 Å². The average molecular weight is 446 g/mol. The molecule has 6 heteroatoms. The predicted octanol–water partition coefficient (Wildman–Crippen LogP) is 5.49. The van der Waals surface area contributed by atoms with Crippen LogP contribution in [0.5, 0.6) is 5.75 Å². The van der Waals surface area contributed by atoms with E-state index in [1.165, 1.54) is 5.56 Å². The molecule has 0 radical (unpaired) electrons. The molecule has 0 saturated heterocycles. The average Bonchev–Trinajstić information content (AvgIpc) is 2.83. The highest BCUT2D eigenvalue weighted by Gasteiger charge is 2.04. The number of hydrogen-bond acceptors (Lipinski definition) is 4. The molecule has 0 aromatic heterocycles. The molecule has 0 spiro atoms. The molecular formula is C27H31N3O3. The van der Waals surface area contributed by atoms with Crippen molar-refractivity contribution < 1.29 is 14.3 Å². The first-order chi connectivity index (χ1) is 16.1. The van der Waals surface area contributed by atoms with Gasteiger partial charge in [-0.15, -0.1) is 0 Å². The summed E-state index contributed by atoms with van der Waals surface area (Å²) in [6, 6.07) is 25.0. The highest BCUT2D eigenvalue weighted by atomic mass is 16.5. The molecule has 0 aliphatic rings. The lowest BCUT2D eigenvalue weighted by atomic mass is 10.1. The van der Waals surface area contributed by atoms with Crippen molar-refractivity contribution in [2.75, 3.05) is 29.1 Å². The molecule has 2 amide bonds. The molecule has 0 atom stereocenters. The van der Waals surface area contributed by atoms with Crippen LogP contribution in [-0.4, -0.2) is 25.0 Å². The molecule has 0 heterocycles. The second-order valence-corrected chi connectivity index (χ2v) is 7.74. The van der Waals surface area contributed by atoms with Gasteiger partial charge in [0.05, 0.1) is 13.2 Å². The number of rotatable bonds is 12. The lowest BCUT2D eigenvalue weighted by Gasteiger charge is -2.10. The molecule has 172 valence electrons. The van der Waals surface area contributed by atoms with Gasteiger partial charge in [0.25, 0.3) is 0 Å². The van der Waals surface area contributed by atoms with Gasteiger partial charge in [0.1, 0.15) is 5.75 Å². The van der Waals surface area contributed by atoms with Crippen LogP contribution >= 0.6 is 0 Å². The fourth-order valence-corrected chi connectivity index (χ4v) is 3.25. The predicted molar refractivity (Wildman–Crippen MR) is 134 cm³/mol. The Morgan fingerprint density at radius 2 is 1.36 bits per heavy atom. The minimum Gasteiger partial charge on any atom is -0.494 e. The van der Waals surface area contributed by atoms with E-state index >= 15 is 0 Å². The zero-order valence-electron chi connectivity index (χ0n) is 19.0. The quantitative estimate of drug-likeness (QED) is 0.322. The Bertz CT molecular complexity index is 1000. The van der Waals surface area contributed by atoms with Crippen LogP contribution in [-0.2, 0) is 16.0 Å². The van der Waals surface area contributed by atoms with Gasteiger partial charge in [0.2, 0.25) is 11.8 Å². The first-order valence-corrected chi connectivity index (χ1v) is 11.3. The molecule has 0 fully saturated rings. The summed E-state index contributed by atoms with van der Waals surface area (Å²) in [6.07, 6.45) is 3.24. The van der Waals surface area contributed by atoms with E-state index in [1.807, 2.05) is 73.7 Å². The Labute approximate surface area is 195 Å². The Hall–Kier alpha value is -3.80. The van der Waals surface area contributed by atoms with E-state index in [2.05, 4.69) is 28.1 Å². The zero-order chi connectivity index (χ0) is 23.3. The van der Waals surface area contributed by atoms with Crippen molar-refractivity contribution in [2.24, 2.45) is 0 Å². The van der Waals surface area contributed by atoms with Crippen molar-refractivity contribution in [1.82, 2.24) is 0 Å². The lowest BCUT2D eigenvalue weighted by molar-refractivity contribution is -0.116. The van der Waals surface area contributed by atoms with Gasteiger partial charge in [-0.3, -0.25) is 9.59 Å². The van der Waals surface area contributed by atoms with Gasteiger partial charge in [-0.2, -0.15) is 0 Å². The van der Waals surface area contributed by atoms with E-state index in [0.29, 0.717) is 18.7 Å². The van der Waals surface area contributed by atoms with Gasteiger partial charge in [0.15, 0.2) is 0 Å². The van der Waals surface area contributed by atoms with Crippen molar-refractivity contribution >= 4 is 28.9 Å². The third kappa shape index (κ3) is 8.69. The smallest absolute Gasteiger partial charge is 0.243 e. The van der Waals surface area contributed by atoms with Crippen LogP contribution in [0.2, 0.25) is 0 Å². The van der Waals surface area contributed by atoms with Gasteiger partial charge in [-0.25, -0.2) is 0 Å². The third-order valence-electron chi connectivity index (χ3n) is 4.96. The molecule has 3 aromatic rings. The topological polar surface area (TPSA) is 79.5 Å². The van der Waals surface area contributed by atoms with Crippen LogP contribution < -0.4 is 20.7 Å². The zero-order valence-corrected chi connectivity index (χ0v) is 19.0. The third-order valence-corrected chi connectivity index (χ3v) is 4.96. The summed E-state index contributed by atoms with van der Waals surface area (Å²) in [4.78, 5) is 23.9. The van der Waals surface area contributed by atoms with Crippen LogP contribution in [0.1, 0.15) is 31.7 Å². The number of aryl methyl sites for hydroxylation is 1. The highest BCUT2D eigenvalue weighted by Crippen LogP contribution is 2.17. The fraction of sp³-hybridized carbons (Fsp3) is 0.259. The number of anilines is 3. The summed E-state index contributed by atoms with van der Waals surface area (Å²) in [5.41, 5.74) is 3.57. The molecule has 3 aromatic carbocycles. The maximum absolute atomic E-state index is 12.2. The van der Waals surface area contributed by atoms with Crippen molar-refractivity contribution in [1.29, 1.82) is 0 Å². The second-order valence-electron chi connectivity index (χ2n) is 7.74. The number of carbonyl (C=O) groups excluding carboxylic acids is 2. The maximum Gasteiger partial charge on any atom is 0.243 e. The van der Waals surface area contributed by atoms with Crippen molar-refractivity contribution in [2.45, 2.75) is 32.6 Å². The maximum atomic E-state index is 12.2. The van der Waals surface area contributed by atoms with Crippen LogP contribution in [0.25, 0.3) is 0 Å². The van der Waals surface area contributed by atoms with E-state index in [4.69, 9.17) is 4.74 Å². The summed E-state index contributed by atoms with van der Waals surface area (Å²) < 4.78 is 5.79. The van der Waals surface area contributed by atoms with Gasteiger partial charge in [-0.05, 0) is 73.4 Å². The molecule has 0 unspecified atom stereocenters. The lowest BCUT2D eigenvalue weighted by Crippen LogP contribution is -2.21. The molecule has 0 saturated carbocycles. The van der Waals surface area contributed by atoms with Crippen LogP contribution in [0.15, 0.2) is 78.9 Å². The summed E-state index contributed by atoms with van der Waals surface area (Å²) in [7, 11) is 0. The number of hydrogen-bond donors (Lipinski definition) is 3. The summed E-state index contributed by atoms with van der Waals surface area (Å²) in [5, 5.41) is 8.79. The first-order valence-electron chi connectivity index (χ1n) is 11.3. The Morgan fingerprint density at radius 3 is 2.03 bits per heavy atom. The van der Waals surface area contributed by atoms with Crippen molar-refractivity contribution in [3.8, 4) is 5.75 Å². The van der Waals surface area contributed by atoms with E-state index in [9.17, 15) is 9.59 Å². The second kappa shape index (κ2) is 12.9. The van der Waals surface area contributed by atoms with Gasteiger partial charge < -0.3 is 20.7 Å². The number of nitrogens with one attached hydrogen (secondary N) is 3. The molecule has 6 nitrogen and oxygen atoms in total. The molecular weight excluding hydrogens is 414 g/mol. The molecule has 3 rings (SSSR count). The Kier molecular flexibility index (Phi) is 9.33. The standard InChI is InChI=1S/C27H31N3O3/c1-2-7-26(31)29-23-13-11-22(12-14-23)28-20-27(32)30-24-15-17-25(18-16-24)33-19-6-10-21-8-4-3-5-9-21/h3-5,8-9,11-18,28H,2,6-7,10,19-20H2,1H3,(H,29,31)(H,30,32). The minimum atomic E-state index is -0.146. The SMILES string of the molecule is CCCC(=O)Nc1ccc(NCC(=O)Nc2ccc(OCCCc3ccccc3)cc2)cc1. The van der Waals surface area contributed by atoms with Crippen LogP contribution in [0.4, 0.5) is 17.1 Å². The Balaban J connectivity index is 1.35. The molecule has 0 bridgehead atoms. The number of ether oxygens (including phenoxy) is 1. The monoisotopic (exact) mass is 445 g/mol. The van der Waals surface area contributed by atoms with E-state index in [-0.39, 0.29) is 18.4 Å². The van der Waals surface area contributed by atoms with Gasteiger partial charge in [0, 0.05) is 23.5 Å². The molecule has 33 heavy (non-hydrogen) atoms. The summed E-state index contributed by atoms with van der Waals surface area (Å²) >= 11 is 0. The van der Waals surface area contributed by atoms with E-state index in [0.717, 1.165) is 36.4 Å². The Morgan fingerprint density at radius 1 is 0.758 bits per heavy atom. The normalized spacial score (nSPS) is 10.3. The van der Waals surface area contributed by atoms with Gasteiger partial charge >= 0.3 is 0 Å². The van der Waals surface area contributed by atoms with Crippen LogP contribution in [0.3, 0.4) is 0 Å². The number of benzene rings is 3. The number of amides is 2. The summed E-state index contributed by atoms with van der Waals surface area (Å²) in [6.45, 7) is 2.75. The fourth-order valence-electron chi connectivity index (χ4n) is 3.25. The molecule has 3 N–H and O–H groups in total. The van der Waals surface area contributed by atoms with Crippen molar-refractivity contribution in [3.63, 3.8) is 0 Å². The highest BCUT2D eigenvalue weighted by molar-refractivity contribution is 5.94. The van der Waals surface area contributed by atoms with Crippen molar-refractivity contribution in [3.05, 3.63) is 84.4 Å².